The zero-order valence-corrected chi connectivity index (χ0v) is 12.0. The molecule has 0 unspecified atom stereocenters. The van der Waals surface area contributed by atoms with Crippen molar-refractivity contribution in [2.24, 2.45) is 0 Å². The molecule has 0 rings (SSSR count). The van der Waals surface area contributed by atoms with E-state index < -0.39 is 0 Å². The Morgan fingerprint density at radius 1 is 0.611 bits per heavy atom. The second-order valence-corrected chi connectivity index (χ2v) is 4.75. The third kappa shape index (κ3) is 14.8. The van der Waals surface area contributed by atoms with E-state index in [0.29, 0.717) is 0 Å². The van der Waals surface area contributed by atoms with E-state index in [4.69, 9.17) is 10.5 Å². The molecule has 0 fully saturated rings. The standard InChI is InChI=1S/C14H16N2S2/c15-13-17-11-9-7-5-3-1-2-4-6-8-10-12-18-14-16/h1-8H2. The van der Waals surface area contributed by atoms with Gasteiger partial charge in [-0.25, -0.2) is 0 Å². The Morgan fingerprint density at radius 2 is 1.00 bits per heavy atom. The highest BCUT2D eigenvalue weighted by atomic mass is 32.2. The van der Waals surface area contributed by atoms with E-state index in [2.05, 4.69) is 22.3 Å². The minimum Gasteiger partial charge on any atom is -0.184 e. The van der Waals surface area contributed by atoms with Crippen molar-refractivity contribution in [3.05, 3.63) is 0 Å². The van der Waals surface area contributed by atoms with Crippen molar-refractivity contribution in [2.45, 2.75) is 51.4 Å². The quantitative estimate of drug-likeness (QED) is 0.391. The first-order valence-corrected chi connectivity index (χ1v) is 7.60. The van der Waals surface area contributed by atoms with Gasteiger partial charge < -0.3 is 0 Å². The van der Waals surface area contributed by atoms with Crippen LogP contribution in [0.15, 0.2) is 0 Å². The molecule has 0 aromatic heterocycles. The highest BCUT2D eigenvalue weighted by molar-refractivity contribution is 8.08. The molecule has 0 spiro atoms. The van der Waals surface area contributed by atoms with Crippen LogP contribution < -0.4 is 0 Å². The Balaban J connectivity index is 3.14. The van der Waals surface area contributed by atoms with Crippen LogP contribution >= 0.6 is 23.5 Å². The molecule has 2 nitrogen and oxygen atoms in total. The summed E-state index contributed by atoms with van der Waals surface area (Å²) in [7, 11) is 0. The number of rotatable bonds is 7. The van der Waals surface area contributed by atoms with Crippen molar-refractivity contribution in [3.63, 3.8) is 0 Å². The second kappa shape index (κ2) is 15.8. The molecule has 0 atom stereocenters. The van der Waals surface area contributed by atoms with E-state index in [9.17, 15) is 0 Å². The minimum absolute atomic E-state index is 0.894. The van der Waals surface area contributed by atoms with Crippen LogP contribution in [0.25, 0.3) is 0 Å². The van der Waals surface area contributed by atoms with Gasteiger partial charge in [0.2, 0.25) is 0 Å². The summed E-state index contributed by atoms with van der Waals surface area (Å²) in [4.78, 5) is 0. The number of hydrogen-bond acceptors (Lipinski definition) is 4. The Morgan fingerprint density at radius 3 is 1.39 bits per heavy atom. The molecule has 0 bridgehead atoms. The number of nitriles is 2. The van der Waals surface area contributed by atoms with Gasteiger partial charge in [-0.05, 0) is 23.3 Å². The molecule has 0 aromatic carbocycles. The van der Waals surface area contributed by atoms with Crippen molar-refractivity contribution in [3.8, 4) is 33.1 Å². The van der Waals surface area contributed by atoms with E-state index in [1.54, 1.807) is 0 Å². The number of unbranched alkanes of at least 4 members (excludes halogenated alkanes) is 7. The van der Waals surface area contributed by atoms with Crippen LogP contribution in [-0.2, 0) is 0 Å². The molecule has 0 aromatic rings. The lowest BCUT2D eigenvalue weighted by molar-refractivity contribution is 0.604. The Kier molecular flexibility index (Phi) is 14.7. The highest BCUT2D eigenvalue weighted by Gasteiger charge is 1.89. The molecule has 0 heterocycles. The summed E-state index contributed by atoms with van der Waals surface area (Å²) in [6, 6.07) is 0. The summed E-state index contributed by atoms with van der Waals surface area (Å²) in [6.07, 6.45) is 8.94. The van der Waals surface area contributed by atoms with Gasteiger partial charge in [-0.2, -0.15) is 10.5 Å². The molecule has 94 valence electrons. The molecule has 0 N–H and O–H groups in total. The van der Waals surface area contributed by atoms with Gasteiger partial charge in [0.1, 0.15) is 10.8 Å². The Bertz CT molecular complexity index is 356. The van der Waals surface area contributed by atoms with Gasteiger partial charge in [0.05, 0.1) is 0 Å². The van der Waals surface area contributed by atoms with E-state index >= 15 is 0 Å². The molecule has 18 heavy (non-hydrogen) atoms. The summed E-state index contributed by atoms with van der Waals surface area (Å²) >= 11 is 2.00. The van der Waals surface area contributed by atoms with Crippen molar-refractivity contribution in [1.29, 1.82) is 10.5 Å². The average molecular weight is 276 g/mol. The summed E-state index contributed by atoms with van der Waals surface area (Å²) in [5.41, 5.74) is 0. The van der Waals surface area contributed by atoms with E-state index in [1.807, 2.05) is 10.8 Å². The molecular formula is C14H16N2S2. The van der Waals surface area contributed by atoms with Crippen molar-refractivity contribution in [1.82, 2.24) is 0 Å². The zero-order valence-electron chi connectivity index (χ0n) is 10.4. The Labute approximate surface area is 119 Å². The second-order valence-electron chi connectivity index (χ2n) is 3.57. The van der Waals surface area contributed by atoms with Gasteiger partial charge >= 0.3 is 0 Å². The zero-order chi connectivity index (χ0) is 13.3. The predicted octanol–water partition coefficient (Wildman–Crippen LogP) is 4.46. The summed E-state index contributed by atoms with van der Waals surface area (Å²) in [5, 5.41) is 25.8. The maximum Gasteiger partial charge on any atom is 0.147 e. The number of hydrogen-bond donors (Lipinski definition) is 0. The molecule has 0 aliphatic heterocycles. The predicted molar refractivity (Wildman–Crippen MR) is 78.9 cm³/mol. The highest BCUT2D eigenvalue weighted by Crippen LogP contribution is 2.08. The van der Waals surface area contributed by atoms with Crippen molar-refractivity contribution >= 4 is 23.5 Å². The van der Waals surface area contributed by atoms with Gasteiger partial charge in [-0.3, -0.25) is 0 Å². The molecule has 0 aliphatic carbocycles. The first kappa shape index (κ1) is 16.8. The van der Waals surface area contributed by atoms with Crippen LogP contribution in [0, 0.1) is 43.7 Å². The first-order valence-electron chi connectivity index (χ1n) is 5.97. The van der Waals surface area contributed by atoms with Crippen LogP contribution in [0.1, 0.15) is 51.4 Å². The fourth-order valence-electron chi connectivity index (χ4n) is 1.35. The molecular weight excluding hydrogens is 260 g/mol. The largest absolute Gasteiger partial charge is 0.184 e. The molecule has 0 radical (unpaired) electrons. The third-order valence-electron chi connectivity index (χ3n) is 2.19. The summed E-state index contributed by atoms with van der Waals surface area (Å²) in [6.45, 7) is 0. The van der Waals surface area contributed by atoms with Gasteiger partial charge in [0.15, 0.2) is 0 Å². The first-order chi connectivity index (χ1) is 8.91. The molecule has 4 heteroatoms. The number of thioether (sulfide) groups is 2. The normalized spacial score (nSPS) is 8.11. The topological polar surface area (TPSA) is 47.6 Å². The van der Waals surface area contributed by atoms with Crippen LogP contribution in [0.3, 0.4) is 0 Å². The fourth-order valence-corrected chi connectivity index (χ4v) is 1.79. The minimum atomic E-state index is 0.894. The van der Waals surface area contributed by atoms with Gasteiger partial charge in [-0.1, -0.05) is 37.5 Å². The Hall–Kier alpha value is -1.20. The summed E-state index contributed by atoms with van der Waals surface area (Å²) in [5.74, 6) is 5.92. The lowest BCUT2D eigenvalue weighted by atomic mass is 10.1. The van der Waals surface area contributed by atoms with Crippen molar-refractivity contribution < 1.29 is 0 Å². The monoisotopic (exact) mass is 276 g/mol. The fraction of sp³-hybridized carbons (Fsp3) is 0.571. The third-order valence-corrected chi connectivity index (χ3v) is 2.87. The molecule has 0 saturated heterocycles. The maximum absolute atomic E-state index is 8.24. The summed E-state index contributed by atoms with van der Waals surface area (Å²) < 4.78 is 0. The van der Waals surface area contributed by atoms with Crippen LogP contribution in [0.2, 0.25) is 0 Å². The molecule has 0 saturated carbocycles. The smallest absolute Gasteiger partial charge is 0.147 e. The SMILES string of the molecule is N#CSC#CCCCCCCCCC#CSC#N. The average Bonchev–Trinajstić information content (AvgIpc) is 2.39. The molecule has 0 amide bonds. The van der Waals surface area contributed by atoms with E-state index in [-0.39, 0.29) is 0 Å². The molecule has 0 aliphatic rings. The maximum atomic E-state index is 8.24. The van der Waals surface area contributed by atoms with E-state index in [1.165, 1.54) is 25.7 Å². The number of nitrogens with zero attached hydrogens (tertiary/aromatic N) is 2. The van der Waals surface area contributed by atoms with Crippen LogP contribution in [0.5, 0.6) is 0 Å². The van der Waals surface area contributed by atoms with Gasteiger partial charge in [0, 0.05) is 36.4 Å². The lowest BCUT2D eigenvalue weighted by Crippen LogP contribution is -1.79. The van der Waals surface area contributed by atoms with Crippen LogP contribution in [-0.4, -0.2) is 0 Å². The number of thiocyanates is 2. The van der Waals surface area contributed by atoms with E-state index in [0.717, 1.165) is 49.2 Å². The van der Waals surface area contributed by atoms with Crippen molar-refractivity contribution in [2.75, 3.05) is 0 Å². The lowest BCUT2D eigenvalue weighted by Gasteiger charge is -1.97. The van der Waals surface area contributed by atoms with Gasteiger partial charge in [0.25, 0.3) is 0 Å². The van der Waals surface area contributed by atoms with Crippen LogP contribution in [0.4, 0.5) is 0 Å². The van der Waals surface area contributed by atoms with Gasteiger partial charge in [-0.15, -0.1) is 0 Å².